The molecule has 68 valence electrons. The van der Waals surface area contributed by atoms with E-state index in [0.29, 0.717) is 5.25 Å². The summed E-state index contributed by atoms with van der Waals surface area (Å²) in [6.45, 7) is 3.03. The van der Waals surface area contributed by atoms with Crippen molar-refractivity contribution in [3.05, 3.63) is 17.5 Å². The monoisotopic (exact) mass is 201 g/mol. The molecule has 1 aromatic heterocycles. The van der Waals surface area contributed by atoms with Crippen LogP contribution in [0, 0.1) is 0 Å². The van der Waals surface area contributed by atoms with Gasteiger partial charge in [-0.25, -0.2) is 0 Å². The molecule has 0 radical (unpaired) electrons. The van der Waals surface area contributed by atoms with E-state index in [0.717, 1.165) is 13.0 Å². The van der Waals surface area contributed by atoms with E-state index in [4.69, 9.17) is 5.73 Å². The van der Waals surface area contributed by atoms with Gasteiger partial charge in [-0.2, -0.15) is 0 Å². The van der Waals surface area contributed by atoms with Crippen molar-refractivity contribution in [3.8, 4) is 0 Å². The fourth-order valence-electron chi connectivity index (χ4n) is 1.03. The fraction of sp³-hybridized carbons (Fsp3) is 0.556. The van der Waals surface area contributed by atoms with Crippen LogP contribution >= 0.6 is 23.1 Å². The Kier molecular flexibility index (Phi) is 4.73. The molecule has 3 heteroatoms. The Balaban J connectivity index is 2.37. The Labute approximate surface area is 82.4 Å². The second-order valence-electron chi connectivity index (χ2n) is 2.66. The molecular weight excluding hydrogens is 186 g/mol. The molecule has 0 saturated heterocycles. The minimum Gasteiger partial charge on any atom is -0.330 e. The Morgan fingerprint density at radius 3 is 3.00 bits per heavy atom. The second-order valence-corrected chi connectivity index (χ2v) is 5.21. The van der Waals surface area contributed by atoms with Crippen LogP contribution in [0.4, 0.5) is 0 Å². The van der Waals surface area contributed by atoms with Crippen molar-refractivity contribution < 1.29 is 0 Å². The van der Waals surface area contributed by atoms with Crippen LogP contribution in [0.3, 0.4) is 0 Å². The van der Waals surface area contributed by atoms with Gasteiger partial charge in [0.25, 0.3) is 0 Å². The molecular formula is C9H15NS2. The Hall–Kier alpha value is 0.01000. The van der Waals surface area contributed by atoms with E-state index in [1.54, 1.807) is 0 Å². The molecule has 0 aliphatic heterocycles. The average molecular weight is 201 g/mol. The SMILES string of the molecule is CCC(CCN)Sc1cccs1. The third-order valence-electron chi connectivity index (χ3n) is 1.72. The number of nitrogens with two attached hydrogens (primary N) is 1. The zero-order valence-electron chi connectivity index (χ0n) is 7.32. The fourth-order valence-corrected chi connectivity index (χ4v) is 3.18. The molecule has 1 rings (SSSR count). The molecule has 2 N–H and O–H groups in total. The first kappa shape index (κ1) is 10.1. The highest BCUT2D eigenvalue weighted by Crippen LogP contribution is 2.30. The zero-order valence-corrected chi connectivity index (χ0v) is 8.96. The Morgan fingerprint density at radius 2 is 2.50 bits per heavy atom. The maximum absolute atomic E-state index is 5.52. The lowest BCUT2D eigenvalue weighted by Gasteiger charge is -2.10. The van der Waals surface area contributed by atoms with Crippen LogP contribution in [0.1, 0.15) is 19.8 Å². The van der Waals surface area contributed by atoms with Crippen molar-refractivity contribution in [2.24, 2.45) is 5.73 Å². The van der Waals surface area contributed by atoms with Gasteiger partial charge in [-0.15, -0.1) is 23.1 Å². The summed E-state index contributed by atoms with van der Waals surface area (Å²) in [6.07, 6.45) is 2.33. The van der Waals surface area contributed by atoms with Crippen LogP contribution < -0.4 is 5.73 Å². The Morgan fingerprint density at radius 1 is 1.67 bits per heavy atom. The summed E-state index contributed by atoms with van der Waals surface area (Å²) in [5, 5.41) is 2.82. The minimum atomic E-state index is 0.702. The van der Waals surface area contributed by atoms with Crippen molar-refractivity contribution in [1.82, 2.24) is 0 Å². The van der Waals surface area contributed by atoms with Crippen molar-refractivity contribution in [3.63, 3.8) is 0 Å². The highest BCUT2D eigenvalue weighted by Gasteiger charge is 2.06. The van der Waals surface area contributed by atoms with E-state index < -0.39 is 0 Å². The molecule has 0 aliphatic carbocycles. The Bertz CT molecular complexity index is 196. The number of hydrogen-bond acceptors (Lipinski definition) is 3. The van der Waals surface area contributed by atoms with E-state index in [9.17, 15) is 0 Å². The van der Waals surface area contributed by atoms with Gasteiger partial charge in [0.05, 0.1) is 4.21 Å². The van der Waals surface area contributed by atoms with E-state index >= 15 is 0 Å². The molecule has 1 atom stereocenters. The van der Waals surface area contributed by atoms with Crippen LogP contribution in [0.5, 0.6) is 0 Å². The normalized spacial score (nSPS) is 13.2. The van der Waals surface area contributed by atoms with E-state index in [2.05, 4.69) is 24.4 Å². The maximum atomic E-state index is 5.52. The highest BCUT2D eigenvalue weighted by molar-refractivity contribution is 8.01. The molecule has 12 heavy (non-hydrogen) atoms. The summed E-state index contributed by atoms with van der Waals surface area (Å²) in [4.78, 5) is 0. The van der Waals surface area contributed by atoms with Crippen LogP contribution in [-0.4, -0.2) is 11.8 Å². The van der Waals surface area contributed by atoms with Gasteiger partial charge in [0, 0.05) is 5.25 Å². The number of thiophene rings is 1. The van der Waals surface area contributed by atoms with Gasteiger partial charge < -0.3 is 5.73 Å². The largest absolute Gasteiger partial charge is 0.330 e. The lowest BCUT2D eigenvalue weighted by Crippen LogP contribution is -2.09. The molecule has 1 nitrogen and oxygen atoms in total. The van der Waals surface area contributed by atoms with Crippen molar-refractivity contribution in [2.45, 2.75) is 29.2 Å². The van der Waals surface area contributed by atoms with Gasteiger partial charge in [0.2, 0.25) is 0 Å². The predicted octanol–water partition coefficient (Wildman–Crippen LogP) is 2.97. The first-order valence-corrected chi connectivity index (χ1v) is 6.03. The summed E-state index contributed by atoms with van der Waals surface area (Å²) >= 11 is 3.77. The second kappa shape index (κ2) is 5.62. The quantitative estimate of drug-likeness (QED) is 0.741. The molecule has 0 spiro atoms. The summed E-state index contributed by atoms with van der Waals surface area (Å²) in [7, 11) is 0. The molecule has 0 fully saturated rings. The van der Waals surface area contributed by atoms with E-state index in [-0.39, 0.29) is 0 Å². The van der Waals surface area contributed by atoms with Crippen LogP contribution in [0.25, 0.3) is 0 Å². The average Bonchev–Trinajstić information content (AvgIpc) is 2.56. The molecule has 0 saturated carbocycles. The lowest BCUT2D eigenvalue weighted by molar-refractivity contribution is 0.746. The third-order valence-corrected chi connectivity index (χ3v) is 4.23. The van der Waals surface area contributed by atoms with Crippen molar-refractivity contribution >= 4 is 23.1 Å². The topological polar surface area (TPSA) is 26.0 Å². The van der Waals surface area contributed by atoms with Gasteiger partial charge in [-0.3, -0.25) is 0 Å². The van der Waals surface area contributed by atoms with Crippen LogP contribution in [0.2, 0.25) is 0 Å². The molecule has 0 amide bonds. The van der Waals surface area contributed by atoms with Crippen molar-refractivity contribution in [1.29, 1.82) is 0 Å². The van der Waals surface area contributed by atoms with Gasteiger partial charge in [-0.05, 0) is 30.8 Å². The number of thioether (sulfide) groups is 1. The molecule has 1 unspecified atom stereocenters. The summed E-state index contributed by atoms with van der Waals surface area (Å²) in [5.41, 5.74) is 5.52. The summed E-state index contributed by atoms with van der Waals surface area (Å²) < 4.78 is 1.41. The smallest absolute Gasteiger partial charge is 0.0601 e. The van der Waals surface area contributed by atoms with E-state index in [1.165, 1.54) is 10.6 Å². The minimum absolute atomic E-state index is 0.702. The highest BCUT2D eigenvalue weighted by atomic mass is 32.2. The predicted molar refractivity (Wildman–Crippen MR) is 57.9 cm³/mol. The summed E-state index contributed by atoms with van der Waals surface area (Å²) in [5.74, 6) is 0. The zero-order chi connectivity index (χ0) is 8.81. The number of rotatable bonds is 5. The maximum Gasteiger partial charge on any atom is 0.0601 e. The third kappa shape index (κ3) is 3.17. The van der Waals surface area contributed by atoms with E-state index in [1.807, 2.05) is 23.1 Å². The molecule has 1 heterocycles. The first-order chi connectivity index (χ1) is 5.86. The van der Waals surface area contributed by atoms with Gasteiger partial charge in [0.15, 0.2) is 0 Å². The van der Waals surface area contributed by atoms with Gasteiger partial charge in [0.1, 0.15) is 0 Å². The summed E-state index contributed by atoms with van der Waals surface area (Å²) in [6, 6.07) is 4.27. The molecule has 0 aliphatic rings. The van der Waals surface area contributed by atoms with Gasteiger partial charge in [-0.1, -0.05) is 13.0 Å². The van der Waals surface area contributed by atoms with Crippen LogP contribution in [-0.2, 0) is 0 Å². The first-order valence-electron chi connectivity index (χ1n) is 4.27. The molecule has 0 aromatic carbocycles. The van der Waals surface area contributed by atoms with Gasteiger partial charge >= 0.3 is 0 Å². The molecule has 0 bridgehead atoms. The standard InChI is InChI=1S/C9H15NS2/c1-2-8(5-6-10)12-9-4-3-7-11-9/h3-4,7-8H,2,5-6,10H2,1H3. The lowest BCUT2D eigenvalue weighted by atomic mass is 10.2. The van der Waals surface area contributed by atoms with Crippen molar-refractivity contribution in [2.75, 3.05) is 6.54 Å². The van der Waals surface area contributed by atoms with Crippen LogP contribution in [0.15, 0.2) is 21.7 Å². The molecule has 1 aromatic rings. The number of hydrogen-bond donors (Lipinski definition) is 1.